The molecule has 0 unspecified atom stereocenters. The molecule has 2 aliphatic rings. The first-order valence-corrected chi connectivity index (χ1v) is 9.78. The lowest BCUT2D eigenvalue weighted by Crippen LogP contribution is -2.63. The highest BCUT2D eigenvalue weighted by molar-refractivity contribution is 5.89. The molecular weight excluding hydrogens is 358 g/mol. The van der Waals surface area contributed by atoms with Crippen LogP contribution in [-0.2, 0) is 25.7 Å². The fourth-order valence-electron chi connectivity index (χ4n) is 3.31. The van der Waals surface area contributed by atoms with Crippen LogP contribution in [0, 0.1) is 5.41 Å². The molecule has 0 bridgehead atoms. The normalized spacial score (nSPS) is 25.0. The Labute approximate surface area is 165 Å². The van der Waals surface area contributed by atoms with Gasteiger partial charge in [-0.1, -0.05) is 51.1 Å². The molecule has 3 atom stereocenters. The minimum Gasteiger partial charge on any atom is -0.369 e. The van der Waals surface area contributed by atoms with Gasteiger partial charge in [0.2, 0.25) is 17.7 Å². The van der Waals surface area contributed by atoms with Crippen LogP contribution in [0.4, 0.5) is 0 Å². The molecule has 2 fully saturated rings. The molecule has 28 heavy (non-hydrogen) atoms. The van der Waals surface area contributed by atoms with E-state index in [0.717, 1.165) is 18.4 Å². The molecule has 1 aliphatic heterocycles. The first-order valence-electron chi connectivity index (χ1n) is 9.78. The van der Waals surface area contributed by atoms with Crippen molar-refractivity contribution in [2.75, 3.05) is 13.2 Å². The number of carbonyl (C=O) groups excluding carboxylic acids is 3. The molecule has 1 aromatic rings. The quantitative estimate of drug-likeness (QED) is 0.795. The summed E-state index contributed by atoms with van der Waals surface area (Å²) in [4.78, 5) is 39.0. The molecule has 1 aromatic carbocycles. The van der Waals surface area contributed by atoms with E-state index in [1.54, 1.807) is 4.90 Å². The highest BCUT2D eigenvalue weighted by Gasteiger charge is 2.39. The van der Waals surface area contributed by atoms with Gasteiger partial charge in [0.25, 0.3) is 0 Å². The van der Waals surface area contributed by atoms with Crippen LogP contribution in [0.1, 0.15) is 39.2 Å². The van der Waals surface area contributed by atoms with Crippen LogP contribution in [0.25, 0.3) is 0 Å². The predicted octanol–water partition coefficient (Wildman–Crippen LogP) is 1.22. The van der Waals surface area contributed by atoms with E-state index in [1.165, 1.54) is 0 Å². The Morgan fingerprint density at radius 1 is 1.11 bits per heavy atom. The molecule has 1 saturated heterocycles. The first-order chi connectivity index (χ1) is 13.3. The second-order valence-electron chi connectivity index (χ2n) is 8.56. The number of nitrogens with zero attached hydrogens (tertiary/aromatic N) is 1. The standard InChI is InChI=1S/C21H29N3O4/c1-21(2,3)20(27)23-16-10-9-15(16)22-19(26)17-12-28-13-18(25)24(17)11-14-7-5-4-6-8-14/h4-8,15-17H,9-13H2,1-3H3,(H,22,26)(H,23,27)/t15-,16+,17+/m0/s1. The van der Waals surface area contributed by atoms with Crippen molar-refractivity contribution in [3.63, 3.8) is 0 Å². The average molecular weight is 387 g/mol. The van der Waals surface area contributed by atoms with Gasteiger partial charge in [-0.2, -0.15) is 0 Å². The average Bonchev–Trinajstić information content (AvgIpc) is 2.64. The molecule has 7 nitrogen and oxygen atoms in total. The second kappa shape index (κ2) is 8.31. The third kappa shape index (κ3) is 4.70. The molecule has 2 N–H and O–H groups in total. The molecule has 7 heteroatoms. The third-order valence-corrected chi connectivity index (χ3v) is 5.30. The Balaban J connectivity index is 1.61. The van der Waals surface area contributed by atoms with Crippen molar-refractivity contribution in [3.8, 4) is 0 Å². The van der Waals surface area contributed by atoms with Gasteiger partial charge in [-0.25, -0.2) is 0 Å². The summed E-state index contributed by atoms with van der Waals surface area (Å²) in [6, 6.07) is 8.74. The van der Waals surface area contributed by atoms with E-state index < -0.39 is 11.5 Å². The van der Waals surface area contributed by atoms with Gasteiger partial charge in [0.1, 0.15) is 12.6 Å². The number of rotatable bonds is 5. The lowest BCUT2D eigenvalue weighted by molar-refractivity contribution is -0.156. The van der Waals surface area contributed by atoms with Crippen molar-refractivity contribution in [1.82, 2.24) is 15.5 Å². The molecule has 3 rings (SSSR count). The lowest BCUT2D eigenvalue weighted by atomic mass is 9.84. The largest absolute Gasteiger partial charge is 0.369 e. The molecule has 0 spiro atoms. The molecule has 0 radical (unpaired) electrons. The SMILES string of the molecule is CC(C)(C)C(=O)N[C@@H]1CC[C@@H]1NC(=O)[C@H]1COCC(=O)N1Cc1ccccc1. The highest BCUT2D eigenvalue weighted by atomic mass is 16.5. The van der Waals surface area contributed by atoms with Crippen LogP contribution in [0.15, 0.2) is 30.3 Å². The summed E-state index contributed by atoms with van der Waals surface area (Å²) < 4.78 is 5.33. The summed E-state index contributed by atoms with van der Waals surface area (Å²) >= 11 is 0. The van der Waals surface area contributed by atoms with E-state index in [0.29, 0.717) is 6.54 Å². The lowest BCUT2D eigenvalue weighted by Gasteiger charge is -2.41. The van der Waals surface area contributed by atoms with Gasteiger partial charge in [-0.05, 0) is 18.4 Å². The summed E-state index contributed by atoms with van der Waals surface area (Å²) in [5.74, 6) is -0.455. The molecular formula is C21H29N3O4. The number of amides is 3. The number of morpholine rings is 1. The van der Waals surface area contributed by atoms with Crippen LogP contribution >= 0.6 is 0 Å². The topological polar surface area (TPSA) is 87.7 Å². The van der Waals surface area contributed by atoms with E-state index in [-0.39, 0.29) is 43.0 Å². The molecule has 1 saturated carbocycles. The minimum atomic E-state index is -0.666. The Hall–Kier alpha value is -2.41. The van der Waals surface area contributed by atoms with Gasteiger partial charge in [0.15, 0.2) is 0 Å². The predicted molar refractivity (Wildman–Crippen MR) is 104 cm³/mol. The van der Waals surface area contributed by atoms with Crippen molar-refractivity contribution in [1.29, 1.82) is 0 Å². The van der Waals surface area contributed by atoms with E-state index in [9.17, 15) is 14.4 Å². The van der Waals surface area contributed by atoms with Gasteiger partial charge in [0.05, 0.1) is 6.61 Å². The number of carbonyl (C=O) groups is 3. The summed E-state index contributed by atoms with van der Waals surface area (Å²) in [5.41, 5.74) is 0.495. The maximum Gasteiger partial charge on any atom is 0.249 e. The number of hydrogen-bond donors (Lipinski definition) is 2. The van der Waals surface area contributed by atoms with Crippen molar-refractivity contribution < 1.29 is 19.1 Å². The zero-order valence-corrected chi connectivity index (χ0v) is 16.7. The van der Waals surface area contributed by atoms with Crippen LogP contribution in [-0.4, -0.2) is 54.0 Å². The van der Waals surface area contributed by atoms with E-state index >= 15 is 0 Å². The Morgan fingerprint density at radius 2 is 1.75 bits per heavy atom. The summed E-state index contributed by atoms with van der Waals surface area (Å²) in [6.07, 6.45) is 1.64. The first kappa shape index (κ1) is 20.3. The van der Waals surface area contributed by atoms with Gasteiger partial charge >= 0.3 is 0 Å². The van der Waals surface area contributed by atoms with E-state index in [2.05, 4.69) is 10.6 Å². The van der Waals surface area contributed by atoms with Crippen molar-refractivity contribution in [2.45, 2.75) is 58.3 Å². The summed E-state index contributed by atoms with van der Waals surface area (Å²) in [7, 11) is 0. The molecule has 1 aliphatic carbocycles. The third-order valence-electron chi connectivity index (χ3n) is 5.30. The van der Waals surface area contributed by atoms with Gasteiger partial charge < -0.3 is 20.3 Å². The molecule has 1 heterocycles. The fourth-order valence-corrected chi connectivity index (χ4v) is 3.31. The minimum absolute atomic E-state index is 0.00962. The number of nitrogens with one attached hydrogen (secondary N) is 2. The molecule has 0 aromatic heterocycles. The fraction of sp³-hybridized carbons (Fsp3) is 0.571. The highest BCUT2D eigenvalue weighted by Crippen LogP contribution is 2.23. The van der Waals surface area contributed by atoms with Gasteiger partial charge in [-0.15, -0.1) is 0 Å². The van der Waals surface area contributed by atoms with Crippen LogP contribution in [0.5, 0.6) is 0 Å². The number of benzene rings is 1. The van der Waals surface area contributed by atoms with Crippen molar-refractivity contribution in [3.05, 3.63) is 35.9 Å². The zero-order valence-electron chi connectivity index (χ0n) is 16.7. The molecule has 3 amide bonds. The van der Waals surface area contributed by atoms with E-state index in [1.807, 2.05) is 51.1 Å². The zero-order chi connectivity index (χ0) is 20.3. The van der Waals surface area contributed by atoms with Crippen LogP contribution in [0.3, 0.4) is 0 Å². The second-order valence-corrected chi connectivity index (χ2v) is 8.56. The van der Waals surface area contributed by atoms with E-state index in [4.69, 9.17) is 4.74 Å². The number of hydrogen-bond acceptors (Lipinski definition) is 4. The number of ether oxygens (including phenoxy) is 1. The van der Waals surface area contributed by atoms with Crippen molar-refractivity contribution in [2.24, 2.45) is 5.41 Å². The van der Waals surface area contributed by atoms with Crippen LogP contribution in [0.2, 0.25) is 0 Å². The maximum absolute atomic E-state index is 12.9. The summed E-state index contributed by atoms with van der Waals surface area (Å²) in [6.45, 7) is 6.12. The molecule has 152 valence electrons. The van der Waals surface area contributed by atoms with Gasteiger partial charge in [0, 0.05) is 24.0 Å². The smallest absolute Gasteiger partial charge is 0.249 e. The van der Waals surface area contributed by atoms with Crippen LogP contribution < -0.4 is 10.6 Å². The Bertz CT molecular complexity index is 729. The monoisotopic (exact) mass is 387 g/mol. The van der Waals surface area contributed by atoms with Crippen molar-refractivity contribution >= 4 is 17.7 Å². The summed E-state index contributed by atoms with van der Waals surface area (Å²) in [5, 5.41) is 6.01. The Morgan fingerprint density at radius 3 is 2.36 bits per heavy atom. The maximum atomic E-state index is 12.9. The van der Waals surface area contributed by atoms with Gasteiger partial charge in [-0.3, -0.25) is 14.4 Å². The Kier molecular flexibility index (Phi) is 6.03.